The first-order valence-corrected chi connectivity index (χ1v) is 10.6. The number of carbonyl (C=O) groups excluding carboxylic acids is 3. The molecule has 1 heterocycles. The lowest BCUT2D eigenvalue weighted by Gasteiger charge is -2.32. The van der Waals surface area contributed by atoms with Crippen molar-refractivity contribution in [1.29, 1.82) is 0 Å². The summed E-state index contributed by atoms with van der Waals surface area (Å²) in [5, 5.41) is 5.28. The maximum atomic E-state index is 12.1. The summed E-state index contributed by atoms with van der Waals surface area (Å²) >= 11 is 0. The number of likely N-dealkylation sites (tertiary alicyclic amines) is 1. The third-order valence-electron chi connectivity index (χ3n) is 5.59. The standard InChI is InChI=1S/C24H29N3O4/c1-31-24(30)20-7-9-21(10-8-20)26-23(29)22(28)25-17-19-12-15-27(16-13-19)14-11-18-5-3-2-4-6-18/h2-10,19H,11-17H2,1H3,(H,25,28)(H,26,29). The quantitative estimate of drug-likeness (QED) is 0.528. The maximum absolute atomic E-state index is 12.1. The number of ether oxygens (including phenoxy) is 1. The van der Waals surface area contributed by atoms with Crippen LogP contribution in [0.2, 0.25) is 0 Å². The normalized spacial score (nSPS) is 14.6. The van der Waals surface area contributed by atoms with Gasteiger partial charge in [0.25, 0.3) is 0 Å². The second-order valence-corrected chi connectivity index (χ2v) is 7.75. The number of hydrogen-bond acceptors (Lipinski definition) is 5. The molecule has 164 valence electrons. The van der Waals surface area contributed by atoms with E-state index in [1.54, 1.807) is 12.1 Å². The van der Waals surface area contributed by atoms with E-state index in [4.69, 9.17) is 0 Å². The zero-order chi connectivity index (χ0) is 22.1. The number of esters is 1. The van der Waals surface area contributed by atoms with E-state index >= 15 is 0 Å². The third kappa shape index (κ3) is 6.93. The van der Waals surface area contributed by atoms with Crippen molar-refractivity contribution in [3.8, 4) is 0 Å². The topological polar surface area (TPSA) is 87.7 Å². The predicted octanol–water partition coefficient (Wildman–Crippen LogP) is 2.48. The molecule has 0 aliphatic carbocycles. The molecule has 2 aromatic rings. The number of hydrogen-bond donors (Lipinski definition) is 2. The number of carbonyl (C=O) groups is 3. The van der Waals surface area contributed by atoms with Crippen LogP contribution in [0.1, 0.15) is 28.8 Å². The Morgan fingerprint density at radius 1 is 0.968 bits per heavy atom. The summed E-state index contributed by atoms with van der Waals surface area (Å²) in [5.41, 5.74) is 2.17. The fourth-order valence-corrected chi connectivity index (χ4v) is 3.66. The van der Waals surface area contributed by atoms with Gasteiger partial charge >= 0.3 is 17.8 Å². The molecular formula is C24H29N3O4. The van der Waals surface area contributed by atoms with E-state index in [-0.39, 0.29) is 0 Å². The Balaban J connectivity index is 1.35. The Morgan fingerprint density at radius 3 is 2.29 bits per heavy atom. The Hall–Kier alpha value is -3.19. The van der Waals surface area contributed by atoms with Crippen molar-refractivity contribution in [3.63, 3.8) is 0 Å². The van der Waals surface area contributed by atoms with Crippen molar-refractivity contribution in [3.05, 3.63) is 65.7 Å². The maximum Gasteiger partial charge on any atom is 0.337 e. The van der Waals surface area contributed by atoms with Gasteiger partial charge in [0.15, 0.2) is 0 Å². The van der Waals surface area contributed by atoms with Crippen molar-refractivity contribution in [1.82, 2.24) is 10.2 Å². The minimum absolute atomic E-state index is 0.375. The van der Waals surface area contributed by atoms with Gasteiger partial charge < -0.3 is 20.3 Å². The molecule has 0 saturated carbocycles. The van der Waals surface area contributed by atoms with E-state index in [1.807, 2.05) is 6.07 Å². The molecule has 1 aliphatic heterocycles. The number of rotatable bonds is 7. The number of methoxy groups -OCH3 is 1. The number of amides is 2. The van der Waals surface area contributed by atoms with Gasteiger partial charge in [-0.3, -0.25) is 9.59 Å². The molecule has 2 aromatic carbocycles. The van der Waals surface area contributed by atoms with E-state index in [0.717, 1.165) is 38.9 Å². The van der Waals surface area contributed by atoms with Crippen LogP contribution in [0.3, 0.4) is 0 Å². The second kappa shape index (κ2) is 11.3. The summed E-state index contributed by atoms with van der Waals surface area (Å²) in [5.74, 6) is -1.44. The van der Waals surface area contributed by atoms with Gasteiger partial charge in [0, 0.05) is 18.8 Å². The van der Waals surface area contributed by atoms with Crippen molar-refractivity contribution in [2.24, 2.45) is 5.92 Å². The molecule has 0 atom stereocenters. The predicted molar refractivity (Wildman–Crippen MR) is 119 cm³/mol. The first kappa shape index (κ1) is 22.5. The van der Waals surface area contributed by atoms with Crippen molar-refractivity contribution < 1.29 is 19.1 Å². The molecule has 1 saturated heterocycles. The first-order chi connectivity index (χ1) is 15.0. The number of anilines is 1. The van der Waals surface area contributed by atoms with E-state index in [0.29, 0.717) is 23.7 Å². The van der Waals surface area contributed by atoms with Gasteiger partial charge in [-0.25, -0.2) is 4.79 Å². The fourth-order valence-electron chi connectivity index (χ4n) is 3.66. The van der Waals surface area contributed by atoms with Crippen molar-refractivity contribution in [2.75, 3.05) is 38.6 Å². The zero-order valence-electron chi connectivity index (χ0n) is 17.8. The van der Waals surface area contributed by atoms with Crippen LogP contribution in [0.5, 0.6) is 0 Å². The van der Waals surface area contributed by atoms with E-state index in [1.165, 1.54) is 24.8 Å². The van der Waals surface area contributed by atoms with Crippen LogP contribution in [0.15, 0.2) is 54.6 Å². The smallest absolute Gasteiger partial charge is 0.337 e. The minimum Gasteiger partial charge on any atom is -0.465 e. The van der Waals surface area contributed by atoms with Crippen LogP contribution in [0.25, 0.3) is 0 Å². The Bertz CT molecular complexity index is 875. The largest absolute Gasteiger partial charge is 0.465 e. The average molecular weight is 424 g/mol. The van der Waals surface area contributed by atoms with Gasteiger partial charge in [-0.2, -0.15) is 0 Å². The second-order valence-electron chi connectivity index (χ2n) is 7.75. The number of nitrogens with zero attached hydrogens (tertiary/aromatic N) is 1. The van der Waals surface area contributed by atoms with Crippen LogP contribution in [0.4, 0.5) is 5.69 Å². The van der Waals surface area contributed by atoms with Crippen LogP contribution in [-0.4, -0.2) is 56.0 Å². The molecule has 3 rings (SSSR count). The van der Waals surface area contributed by atoms with Crippen LogP contribution in [0, 0.1) is 5.92 Å². The highest BCUT2D eigenvalue weighted by Gasteiger charge is 2.21. The fraction of sp³-hybridized carbons (Fsp3) is 0.375. The number of benzene rings is 2. The lowest BCUT2D eigenvalue weighted by Crippen LogP contribution is -2.42. The van der Waals surface area contributed by atoms with Crippen molar-refractivity contribution >= 4 is 23.5 Å². The minimum atomic E-state index is -0.717. The van der Waals surface area contributed by atoms with E-state index in [2.05, 4.69) is 44.5 Å². The molecule has 0 spiro atoms. The van der Waals surface area contributed by atoms with Gasteiger partial charge in [-0.15, -0.1) is 0 Å². The molecular weight excluding hydrogens is 394 g/mol. The number of piperidine rings is 1. The van der Waals surface area contributed by atoms with Gasteiger partial charge in [-0.05, 0) is 68.1 Å². The highest BCUT2D eigenvalue weighted by atomic mass is 16.5. The summed E-state index contributed by atoms with van der Waals surface area (Å²) in [4.78, 5) is 38.1. The summed E-state index contributed by atoms with van der Waals surface area (Å²) < 4.78 is 4.63. The lowest BCUT2D eigenvalue weighted by molar-refractivity contribution is -0.136. The Morgan fingerprint density at radius 2 is 1.65 bits per heavy atom. The highest BCUT2D eigenvalue weighted by molar-refractivity contribution is 6.39. The molecule has 1 fully saturated rings. The summed E-state index contributed by atoms with van der Waals surface area (Å²) in [7, 11) is 1.30. The van der Waals surface area contributed by atoms with Gasteiger partial charge in [0.1, 0.15) is 0 Å². The summed E-state index contributed by atoms with van der Waals surface area (Å²) in [6.45, 7) is 3.55. The Kier molecular flexibility index (Phi) is 8.18. The summed E-state index contributed by atoms with van der Waals surface area (Å²) in [6, 6.07) is 16.7. The molecule has 2 amide bonds. The van der Waals surface area contributed by atoms with Gasteiger partial charge in [0.05, 0.1) is 12.7 Å². The van der Waals surface area contributed by atoms with Crippen LogP contribution < -0.4 is 10.6 Å². The molecule has 2 N–H and O–H groups in total. The van der Waals surface area contributed by atoms with Gasteiger partial charge in [-0.1, -0.05) is 30.3 Å². The molecule has 31 heavy (non-hydrogen) atoms. The lowest BCUT2D eigenvalue weighted by atomic mass is 9.96. The van der Waals surface area contributed by atoms with E-state index < -0.39 is 17.8 Å². The Labute approximate surface area is 182 Å². The molecule has 1 aliphatic rings. The molecule has 7 nitrogen and oxygen atoms in total. The van der Waals surface area contributed by atoms with Gasteiger partial charge in [0.2, 0.25) is 0 Å². The van der Waals surface area contributed by atoms with Crippen molar-refractivity contribution in [2.45, 2.75) is 19.3 Å². The molecule has 0 aromatic heterocycles. The molecule has 0 radical (unpaired) electrons. The zero-order valence-corrected chi connectivity index (χ0v) is 17.8. The molecule has 0 unspecified atom stereocenters. The SMILES string of the molecule is COC(=O)c1ccc(NC(=O)C(=O)NCC2CCN(CCc3ccccc3)CC2)cc1. The highest BCUT2D eigenvalue weighted by Crippen LogP contribution is 2.17. The van der Waals surface area contributed by atoms with Crippen LogP contribution >= 0.6 is 0 Å². The number of nitrogens with one attached hydrogen (secondary N) is 2. The molecule has 0 bridgehead atoms. The summed E-state index contributed by atoms with van der Waals surface area (Å²) in [6.07, 6.45) is 3.06. The third-order valence-corrected chi connectivity index (χ3v) is 5.59. The average Bonchev–Trinajstić information content (AvgIpc) is 2.82. The van der Waals surface area contributed by atoms with Crippen LogP contribution in [-0.2, 0) is 20.7 Å². The monoisotopic (exact) mass is 423 g/mol. The first-order valence-electron chi connectivity index (χ1n) is 10.6. The van der Waals surface area contributed by atoms with E-state index in [9.17, 15) is 14.4 Å². The molecule has 7 heteroatoms.